The van der Waals surface area contributed by atoms with Crippen LogP contribution in [-0.2, 0) is 0 Å². The zero-order valence-corrected chi connectivity index (χ0v) is 34.8. The molecule has 0 atom stereocenters. The molecule has 0 saturated heterocycles. The molecule has 302 valence electrons. The number of rotatable bonds is 8. The fraction of sp³-hybridized carbons (Fsp3) is 0. The Balaban J connectivity index is 1.21. The summed E-state index contributed by atoms with van der Waals surface area (Å²) in [5, 5.41) is 12.4. The van der Waals surface area contributed by atoms with Gasteiger partial charge in [0.05, 0.1) is 52.1 Å². The van der Waals surface area contributed by atoms with E-state index < -0.39 is 0 Å². The molecular formula is C58H35N7. The molecule has 0 N–H and O–H groups in total. The quantitative estimate of drug-likeness (QED) is 0.142. The summed E-state index contributed by atoms with van der Waals surface area (Å²) in [5.41, 5.74) is 14.0. The molecule has 0 radical (unpaired) electrons. The monoisotopic (exact) mass is 829 g/mol. The Morgan fingerprint density at radius 2 is 0.908 bits per heavy atom. The Labute approximate surface area is 375 Å². The minimum atomic E-state index is 0.426. The van der Waals surface area contributed by atoms with Gasteiger partial charge in [-0.2, -0.15) is 5.26 Å². The molecule has 8 aromatic carbocycles. The van der Waals surface area contributed by atoms with Crippen molar-refractivity contribution in [3.05, 3.63) is 229 Å². The van der Waals surface area contributed by atoms with Crippen molar-refractivity contribution in [3.63, 3.8) is 0 Å². The first-order valence-electron chi connectivity index (χ1n) is 21.2. The number of fused-ring (bicyclic) bond motifs is 3. The molecule has 3 aromatic heterocycles. The van der Waals surface area contributed by atoms with E-state index in [9.17, 15) is 5.26 Å². The van der Waals surface area contributed by atoms with Gasteiger partial charge in [-0.25, -0.2) is 24.8 Å². The molecule has 11 rings (SSSR count). The predicted molar refractivity (Wildman–Crippen MR) is 261 cm³/mol. The van der Waals surface area contributed by atoms with Gasteiger partial charge in [0, 0.05) is 49.7 Å². The SMILES string of the molecule is [C-]#[N+]c1ccc(-c2ccc3c4ccccc4n(-c4ccc(-c5cc(-c6ccccc6)nc(-c6ccccc6)n5)cc4-c4cc(-c5ccccc5)nc(-c5ccccc5)n4)c3c2)c(C#N)c1. The molecule has 0 aliphatic rings. The van der Waals surface area contributed by atoms with Crippen molar-refractivity contribution in [2.75, 3.05) is 0 Å². The average molecular weight is 830 g/mol. The van der Waals surface area contributed by atoms with Crippen LogP contribution < -0.4 is 0 Å². The van der Waals surface area contributed by atoms with E-state index in [2.05, 4.69) is 113 Å². The molecule has 0 bridgehead atoms. The first-order chi connectivity index (χ1) is 32.1. The second-order valence-electron chi connectivity index (χ2n) is 15.7. The highest BCUT2D eigenvalue weighted by molar-refractivity contribution is 6.11. The fourth-order valence-electron chi connectivity index (χ4n) is 8.57. The lowest BCUT2D eigenvalue weighted by atomic mass is 9.98. The summed E-state index contributed by atoms with van der Waals surface area (Å²) in [7, 11) is 0. The van der Waals surface area contributed by atoms with Gasteiger partial charge in [0.1, 0.15) is 0 Å². The maximum absolute atomic E-state index is 10.2. The van der Waals surface area contributed by atoms with E-state index in [1.54, 1.807) is 12.1 Å². The number of para-hydroxylation sites is 1. The number of nitrogens with zero attached hydrogens (tertiary/aromatic N) is 7. The van der Waals surface area contributed by atoms with Crippen molar-refractivity contribution in [1.29, 1.82) is 5.26 Å². The molecule has 0 saturated carbocycles. The first-order valence-corrected chi connectivity index (χ1v) is 21.2. The molecule has 7 nitrogen and oxygen atoms in total. The zero-order chi connectivity index (χ0) is 43.7. The number of hydrogen-bond acceptors (Lipinski definition) is 5. The maximum atomic E-state index is 10.2. The highest BCUT2D eigenvalue weighted by Crippen LogP contribution is 2.41. The van der Waals surface area contributed by atoms with Crippen LogP contribution in [0.25, 0.3) is 111 Å². The van der Waals surface area contributed by atoms with E-state index in [0.717, 1.165) is 94.8 Å². The second kappa shape index (κ2) is 16.5. The number of nitriles is 1. The molecule has 0 fully saturated rings. The smallest absolute Gasteiger partial charge is 0.188 e. The van der Waals surface area contributed by atoms with Crippen LogP contribution in [0.15, 0.2) is 212 Å². The van der Waals surface area contributed by atoms with Crippen LogP contribution in [0.3, 0.4) is 0 Å². The van der Waals surface area contributed by atoms with E-state index in [1.165, 1.54) is 0 Å². The lowest BCUT2D eigenvalue weighted by Crippen LogP contribution is -2.02. The summed E-state index contributed by atoms with van der Waals surface area (Å²) >= 11 is 0. The molecule has 11 aromatic rings. The molecule has 0 aliphatic carbocycles. The molecule has 0 aliphatic heterocycles. The van der Waals surface area contributed by atoms with Crippen LogP contribution in [0.4, 0.5) is 5.69 Å². The zero-order valence-electron chi connectivity index (χ0n) is 34.8. The Morgan fingerprint density at radius 3 is 1.51 bits per heavy atom. The third kappa shape index (κ3) is 7.26. The normalized spacial score (nSPS) is 11.0. The van der Waals surface area contributed by atoms with Crippen LogP contribution in [0.1, 0.15) is 5.56 Å². The third-order valence-electron chi connectivity index (χ3n) is 11.7. The summed E-state index contributed by atoms with van der Waals surface area (Å²) in [5.74, 6) is 1.23. The van der Waals surface area contributed by atoms with Crippen molar-refractivity contribution in [2.45, 2.75) is 0 Å². The lowest BCUT2D eigenvalue weighted by Gasteiger charge is -2.17. The minimum absolute atomic E-state index is 0.426. The summed E-state index contributed by atoms with van der Waals surface area (Å²) < 4.78 is 2.30. The topological polar surface area (TPSA) is 84.6 Å². The molecule has 3 heterocycles. The van der Waals surface area contributed by atoms with Crippen molar-refractivity contribution in [2.24, 2.45) is 0 Å². The molecule has 0 spiro atoms. The van der Waals surface area contributed by atoms with Crippen LogP contribution in [0.2, 0.25) is 0 Å². The van der Waals surface area contributed by atoms with Gasteiger partial charge < -0.3 is 4.57 Å². The average Bonchev–Trinajstić information content (AvgIpc) is 3.72. The van der Waals surface area contributed by atoms with E-state index in [4.69, 9.17) is 26.5 Å². The van der Waals surface area contributed by atoms with Crippen LogP contribution in [0.5, 0.6) is 0 Å². The van der Waals surface area contributed by atoms with E-state index >= 15 is 0 Å². The number of benzene rings is 8. The molecular weight excluding hydrogens is 795 g/mol. The summed E-state index contributed by atoms with van der Waals surface area (Å²) in [6, 6.07) is 73.6. The van der Waals surface area contributed by atoms with Gasteiger partial charge >= 0.3 is 0 Å². The largest absolute Gasteiger partial charge is 0.309 e. The molecule has 0 unspecified atom stereocenters. The Morgan fingerprint density at radius 1 is 0.400 bits per heavy atom. The molecule has 7 heteroatoms. The van der Waals surface area contributed by atoms with Crippen molar-refractivity contribution >= 4 is 27.5 Å². The summed E-state index contributed by atoms with van der Waals surface area (Å²) in [6.45, 7) is 7.56. The Kier molecular flexibility index (Phi) is 9.82. The number of aromatic nitrogens is 5. The Bertz CT molecular complexity index is 3550. The van der Waals surface area contributed by atoms with E-state index in [-0.39, 0.29) is 0 Å². The number of hydrogen-bond donors (Lipinski definition) is 0. The van der Waals surface area contributed by atoms with Gasteiger partial charge in [0.15, 0.2) is 17.3 Å². The summed E-state index contributed by atoms with van der Waals surface area (Å²) in [4.78, 5) is 24.4. The molecule has 0 amide bonds. The van der Waals surface area contributed by atoms with Gasteiger partial charge in [-0.05, 0) is 53.6 Å². The van der Waals surface area contributed by atoms with E-state index in [1.807, 2.05) is 103 Å². The molecule has 65 heavy (non-hydrogen) atoms. The first kappa shape index (κ1) is 38.6. The van der Waals surface area contributed by atoms with Gasteiger partial charge in [0.25, 0.3) is 0 Å². The van der Waals surface area contributed by atoms with Crippen LogP contribution in [0, 0.1) is 17.9 Å². The standard InChI is InChI=1S/C58H35N7/c1-60-45-28-30-46(44(32-45)37-59)42-26-29-48-47-24-14-15-25-54(47)65(56(48)34-42)55-31-27-43(52-35-50(38-16-6-2-7-17-38)61-57(63-52)40-20-10-4-11-21-40)33-49(55)53-36-51(39-18-8-3-9-19-39)62-58(64-53)41-22-12-5-13-23-41/h2-36H. The highest BCUT2D eigenvalue weighted by atomic mass is 15.0. The minimum Gasteiger partial charge on any atom is -0.309 e. The summed E-state index contributed by atoms with van der Waals surface area (Å²) in [6.07, 6.45) is 0. The van der Waals surface area contributed by atoms with Crippen LogP contribution in [-0.4, -0.2) is 24.5 Å². The van der Waals surface area contributed by atoms with Gasteiger partial charge in [0.2, 0.25) is 0 Å². The highest BCUT2D eigenvalue weighted by Gasteiger charge is 2.21. The Hall–Kier alpha value is -9.30. The fourth-order valence-corrected chi connectivity index (χ4v) is 8.57. The van der Waals surface area contributed by atoms with Gasteiger partial charge in [-0.3, -0.25) is 0 Å². The van der Waals surface area contributed by atoms with Gasteiger partial charge in [-0.1, -0.05) is 170 Å². The maximum Gasteiger partial charge on any atom is 0.188 e. The van der Waals surface area contributed by atoms with Crippen molar-refractivity contribution in [1.82, 2.24) is 24.5 Å². The van der Waals surface area contributed by atoms with Crippen LogP contribution >= 0.6 is 0 Å². The van der Waals surface area contributed by atoms with E-state index in [0.29, 0.717) is 22.9 Å². The van der Waals surface area contributed by atoms with Crippen molar-refractivity contribution in [3.8, 4) is 90.7 Å². The van der Waals surface area contributed by atoms with Crippen molar-refractivity contribution < 1.29 is 0 Å². The lowest BCUT2D eigenvalue weighted by molar-refractivity contribution is 1.15. The van der Waals surface area contributed by atoms with Gasteiger partial charge in [-0.15, -0.1) is 0 Å². The second-order valence-corrected chi connectivity index (χ2v) is 15.7. The predicted octanol–water partition coefficient (Wildman–Crippen LogP) is 14.5. The third-order valence-corrected chi connectivity index (χ3v) is 11.7.